The SMILES string of the molecule is COc1cc(CNC(=O)CN2CCC(c3nc(C4CC4)n[nH]3)CC2)cc(OC)c1OC. The molecule has 1 aromatic carbocycles. The minimum atomic E-state index is 0.00267. The van der Waals surface area contributed by atoms with E-state index in [0.717, 1.165) is 43.1 Å². The number of aromatic amines is 1. The van der Waals surface area contributed by atoms with E-state index in [2.05, 4.69) is 20.4 Å². The Hall–Kier alpha value is -2.81. The zero-order valence-electron chi connectivity index (χ0n) is 18.4. The summed E-state index contributed by atoms with van der Waals surface area (Å²) in [4.78, 5) is 19.4. The van der Waals surface area contributed by atoms with E-state index in [4.69, 9.17) is 19.2 Å². The zero-order valence-corrected chi connectivity index (χ0v) is 18.4. The summed E-state index contributed by atoms with van der Waals surface area (Å²) in [6.45, 7) is 2.54. The van der Waals surface area contributed by atoms with Gasteiger partial charge in [0, 0.05) is 18.4 Å². The van der Waals surface area contributed by atoms with E-state index in [1.807, 2.05) is 12.1 Å². The van der Waals surface area contributed by atoms with Gasteiger partial charge in [-0.05, 0) is 56.5 Å². The van der Waals surface area contributed by atoms with E-state index in [1.54, 1.807) is 21.3 Å². The molecular formula is C22H31N5O4. The van der Waals surface area contributed by atoms with Gasteiger partial charge in [-0.15, -0.1) is 0 Å². The van der Waals surface area contributed by atoms with Gasteiger partial charge in [-0.2, -0.15) is 5.10 Å². The highest BCUT2D eigenvalue weighted by atomic mass is 16.5. The standard InChI is InChI=1S/C22H31N5O4/c1-29-17-10-14(11-18(30-2)20(17)31-3)12-23-19(28)13-27-8-6-16(7-9-27)22-24-21(25-26-22)15-4-5-15/h10-11,15-16H,4-9,12-13H2,1-3H3,(H,23,28)(H,24,25,26). The number of ether oxygens (including phenoxy) is 3. The summed E-state index contributed by atoms with van der Waals surface area (Å²) < 4.78 is 16.1. The third-order valence-corrected chi connectivity index (χ3v) is 6.02. The van der Waals surface area contributed by atoms with Gasteiger partial charge in [-0.3, -0.25) is 14.8 Å². The van der Waals surface area contributed by atoms with E-state index in [9.17, 15) is 4.79 Å². The molecule has 0 bridgehead atoms. The van der Waals surface area contributed by atoms with E-state index >= 15 is 0 Å². The van der Waals surface area contributed by atoms with Gasteiger partial charge in [0.05, 0.1) is 27.9 Å². The molecule has 1 saturated heterocycles. The van der Waals surface area contributed by atoms with Gasteiger partial charge in [0.1, 0.15) is 5.82 Å². The van der Waals surface area contributed by atoms with Crippen LogP contribution in [0.2, 0.25) is 0 Å². The van der Waals surface area contributed by atoms with Crippen LogP contribution < -0.4 is 19.5 Å². The van der Waals surface area contributed by atoms with Crippen molar-refractivity contribution in [3.05, 3.63) is 29.3 Å². The Morgan fingerprint density at radius 1 is 1.06 bits per heavy atom. The van der Waals surface area contributed by atoms with E-state index < -0.39 is 0 Å². The number of amides is 1. The topological polar surface area (TPSA) is 102 Å². The molecule has 4 rings (SSSR count). The monoisotopic (exact) mass is 429 g/mol. The van der Waals surface area contributed by atoms with Crippen molar-refractivity contribution >= 4 is 5.91 Å². The molecule has 2 fully saturated rings. The van der Waals surface area contributed by atoms with Gasteiger partial charge in [-0.25, -0.2) is 4.98 Å². The first-order valence-electron chi connectivity index (χ1n) is 10.8. The molecule has 2 heterocycles. The molecule has 2 N–H and O–H groups in total. The Bertz CT molecular complexity index is 878. The van der Waals surface area contributed by atoms with Crippen molar-refractivity contribution in [1.29, 1.82) is 0 Å². The van der Waals surface area contributed by atoms with Crippen LogP contribution in [0.1, 0.15) is 54.7 Å². The molecule has 1 aromatic heterocycles. The summed E-state index contributed by atoms with van der Waals surface area (Å²) in [7, 11) is 4.73. The lowest BCUT2D eigenvalue weighted by Crippen LogP contribution is -2.41. The fourth-order valence-electron chi connectivity index (χ4n) is 4.06. The van der Waals surface area contributed by atoms with Crippen LogP contribution >= 0.6 is 0 Å². The molecule has 0 spiro atoms. The predicted molar refractivity (Wildman–Crippen MR) is 115 cm³/mol. The van der Waals surface area contributed by atoms with Gasteiger partial charge in [0.2, 0.25) is 11.7 Å². The van der Waals surface area contributed by atoms with Gasteiger partial charge < -0.3 is 19.5 Å². The van der Waals surface area contributed by atoms with Crippen LogP contribution in [-0.2, 0) is 11.3 Å². The molecule has 9 nitrogen and oxygen atoms in total. The summed E-state index contributed by atoms with van der Waals surface area (Å²) in [5.41, 5.74) is 0.887. The van der Waals surface area contributed by atoms with Crippen molar-refractivity contribution in [3.63, 3.8) is 0 Å². The maximum atomic E-state index is 12.5. The first kappa shape index (κ1) is 21.4. The van der Waals surface area contributed by atoms with E-state index in [1.165, 1.54) is 12.8 Å². The molecule has 0 atom stereocenters. The summed E-state index contributed by atoms with van der Waals surface area (Å²) in [6.07, 6.45) is 4.39. The van der Waals surface area contributed by atoms with Crippen molar-refractivity contribution in [2.24, 2.45) is 0 Å². The molecule has 0 unspecified atom stereocenters. The molecule has 0 radical (unpaired) electrons. The first-order chi connectivity index (χ1) is 15.1. The molecular weight excluding hydrogens is 398 g/mol. The Morgan fingerprint density at radius 3 is 2.32 bits per heavy atom. The third-order valence-electron chi connectivity index (χ3n) is 6.02. The number of carbonyl (C=O) groups excluding carboxylic acids is 1. The minimum absolute atomic E-state index is 0.00267. The summed E-state index contributed by atoms with van der Waals surface area (Å²) in [6, 6.07) is 3.70. The molecule has 31 heavy (non-hydrogen) atoms. The highest BCUT2D eigenvalue weighted by Crippen LogP contribution is 2.39. The van der Waals surface area contributed by atoms with Gasteiger partial charge >= 0.3 is 0 Å². The minimum Gasteiger partial charge on any atom is -0.493 e. The third kappa shape index (κ3) is 5.10. The van der Waals surface area contributed by atoms with Crippen LogP contribution in [0.3, 0.4) is 0 Å². The molecule has 1 aliphatic heterocycles. The summed E-state index contributed by atoms with van der Waals surface area (Å²) in [5.74, 6) is 4.65. The second-order valence-electron chi connectivity index (χ2n) is 8.21. The van der Waals surface area contributed by atoms with E-state index in [-0.39, 0.29) is 5.91 Å². The summed E-state index contributed by atoms with van der Waals surface area (Å²) in [5, 5.41) is 10.5. The smallest absolute Gasteiger partial charge is 0.234 e. The van der Waals surface area contributed by atoms with Crippen molar-refractivity contribution in [3.8, 4) is 17.2 Å². The van der Waals surface area contributed by atoms with Crippen LogP contribution in [0.5, 0.6) is 17.2 Å². The number of hydrogen-bond acceptors (Lipinski definition) is 7. The van der Waals surface area contributed by atoms with Crippen LogP contribution in [0.15, 0.2) is 12.1 Å². The molecule has 2 aromatic rings. The second-order valence-corrected chi connectivity index (χ2v) is 8.21. The average molecular weight is 430 g/mol. The molecule has 2 aliphatic rings. The summed E-state index contributed by atoms with van der Waals surface area (Å²) >= 11 is 0. The lowest BCUT2D eigenvalue weighted by molar-refractivity contribution is -0.122. The van der Waals surface area contributed by atoms with Crippen LogP contribution in [0, 0.1) is 0 Å². The number of methoxy groups -OCH3 is 3. The zero-order chi connectivity index (χ0) is 21.8. The van der Waals surface area contributed by atoms with Crippen LogP contribution in [0.4, 0.5) is 0 Å². The maximum absolute atomic E-state index is 12.5. The molecule has 9 heteroatoms. The Labute approximate surface area is 182 Å². The molecule has 1 amide bonds. The highest BCUT2D eigenvalue weighted by Gasteiger charge is 2.30. The quantitative estimate of drug-likeness (QED) is 0.630. The highest BCUT2D eigenvalue weighted by molar-refractivity contribution is 5.78. The molecule has 1 aliphatic carbocycles. The normalized spacial score (nSPS) is 17.4. The number of nitrogens with zero attached hydrogens (tertiary/aromatic N) is 3. The number of rotatable bonds is 9. The van der Waals surface area contributed by atoms with Gasteiger partial charge in [-0.1, -0.05) is 0 Å². The number of piperidine rings is 1. The lowest BCUT2D eigenvalue weighted by atomic mass is 9.96. The number of benzene rings is 1. The average Bonchev–Trinajstić information content (AvgIpc) is 3.54. The number of nitrogens with one attached hydrogen (secondary N) is 2. The van der Waals surface area contributed by atoms with Crippen LogP contribution in [0.25, 0.3) is 0 Å². The number of likely N-dealkylation sites (tertiary alicyclic amines) is 1. The predicted octanol–water partition coefficient (Wildman–Crippen LogP) is 2.20. The van der Waals surface area contributed by atoms with Gasteiger partial charge in [0.15, 0.2) is 17.3 Å². The Morgan fingerprint density at radius 2 is 1.74 bits per heavy atom. The Balaban J connectivity index is 1.25. The van der Waals surface area contributed by atoms with Crippen molar-refractivity contribution in [1.82, 2.24) is 25.4 Å². The number of carbonyl (C=O) groups is 1. The molecule has 1 saturated carbocycles. The van der Waals surface area contributed by atoms with Crippen molar-refractivity contribution in [2.75, 3.05) is 41.0 Å². The van der Waals surface area contributed by atoms with E-state index in [0.29, 0.717) is 42.2 Å². The second kappa shape index (κ2) is 9.55. The van der Waals surface area contributed by atoms with Crippen molar-refractivity contribution in [2.45, 2.75) is 44.1 Å². The largest absolute Gasteiger partial charge is 0.493 e. The number of hydrogen-bond donors (Lipinski definition) is 2. The fourth-order valence-corrected chi connectivity index (χ4v) is 4.06. The van der Waals surface area contributed by atoms with Gasteiger partial charge in [0.25, 0.3) is 0 Å². The molecule has 168 valence electrons. The fraction of sp³-hybridized carbons (Fsp3) is 0.591. The van der Waals surface area contributed by atoms with Crippen molar-refractivity contribution < 1.29 is 19.0 Å². The number of aromatic nitrogens is 3. The maximum Gasteiger partial charge on any atom is 0.234 e. The Kier molecular flexibility index (Phi) is 6.60. The van der Waals surface area contributed by atoms with Crippen LogP contribution in [-0.4, -0.2) is 67.0 Å². The first-order valence-corrected chi connectivity index (χ1v) is 10.8. The number of H-pyrrole nitrogens is 1. The lowest BCUT2D eigenvalue weighted by Gasteiger charge is -2.30.